The normalized spacial score (nSPS) is 14.2. The van der Waals surface area contributed by atoms with E-state index < -0.39 is 0 Å². The quantitative estimate of drug-likeness (QED) is 0.758. The van der Waals surface area contributed by atoms with Crippen molar-refractivity contribution in [1.29, 1.82) is 0 Å². The van der Waals surface area contributed by atoms with Crippen molar-refractivity contribution in [3.63, 3.8) is 0 Å². The predicted molar refractivity (Wildman–Crippen MR) is 55.7 cm³/mol. The van der Waals surface area contributed by atoms with Crippen LogP contribution in [0.15, 0.2) is 12.4 Å². The minimum Gasteiger partial charge on any atom is -0.353 e. The number of hydrogen-bond acceptors (Lipinski definition) is 2. The summed E-state index contributed by atoms with van der Waals surface area (Å²) in [4.78, 5) is 4.22. The molecule has 1 aromatic heterocycles. The maximum atomic E-state index is 4.22. The van der Waals surface area contributed by atoms with Crippen molar-refractivity contribution in [2.45, 2.75) is 33.7 Å². The summed E-state index contributed by atoms with van der Waals surface area (Å²) < 4.78 is 1.99. The fourth-order valence-electron chi connectivity index (χ4n) is 0.915. The molecule has 0 bridgehead atoms. The standard InChI is InChI=1S/C10H19N3/c1-8(10(2,3)4)12-9-11-6-7-13(9)5/h6-8H,1-5H3,(H,11,12). The first-order valence-corrected chi connectivity index (χ1v) is 4.65. The van der Waals surface area contributed by atoms with Crippen molar-refractivity contribution >= 4 is 5.95 Å². The molecule has 1 unspecified atom stereocenters. The minimum atomic E-state index is 0.256. The number of aryl methyl sites for hydroxylation is 1. The third kappa shape index (κ3) is 2.47. The van der Waals surface area contributed by atoms with Crippen LogP contribution in [0, 0.1) is 5.41 Å². The van der Waals surface area contributed by atoms with Crippen LogP contribution in [0.5, 0.6) is 0 Å². The molecule has 13 heavy (non-hydrogen) atoms. The Balaban J connectivity index is 2.65. The number of nitrogens with one attached hydrogen (secondary N) is 1. The molecule has 0 amide bonds. The van der Waals surface area contributed by atoms with Gasteiger partial charge < -0.3 is 9.88 Å². The molecule has 0 fully saturated rings. The zero-order valence-electron chi connectivity index (χ0n) is 9.13. The van der Waals surface area contributed by atoms with Crippen molar-refractivity contribution in [3.8, 4) is 0 Å². The highest BCUT2D eigenvalue weighted by atomic mass is 15.2. The fourth-order valence-corrected chi connectivity index (χ4v) is 0.915. The SMILES string of the molecule is CC(Nc1nccn1C)C(C)(C)C. The molecule has 1 N–H and O–H groups in total. The highest BCUT2D eigenvalue weighted by molar-refractivity contribution is 5.27. The molecule has 0 saturated heterocycles. The summed E-state index contributed by atoms with van der Waals surface area (Å²) in [6, 6.07) is 0.411. The molecule has 3 heteroatoms. The molecule has 3 nitrogen and oxygen atoms in total. The van der Waals surface area contributed by atoms with E-state index in [1.165, 1.54) is 0 Å². The van der Waals surface area contributed by atoms with E-state index in [1.54, 1.807) is 6.20 Å². The summed E-state index contributed by atoms with van der Waals surface area (Å²) in [6.45, 7) is 8.82. The van der Waals surface area contributed by atoms with E-state index >= 15 is 0 Å². The second-order valence-electron chi connectivity index (χ2n) is 4.59. The molecule has 0 aliphatic carbocycles. The second-order valence-corrected chi connectivity index (χ2v) is 4.59. The largest absolute Gasteiger partial charge is 0.353 e. The average molecular weight is 181 g/mol. The maximum Gasteiger partial charge on any atom is 0.202 e. The molecular formula is C10H19N3. The van der Waals surface area contributed by atoms with Crippen LogP contribution in [0.3, 0.4) is 0 Å². The van der Waals surface area contributed by atoms with Gasteiger partial charge in [-0.15, -0.1) is 0 Å². The van der Waals surface area contributed by atoms with Crippen LogP contribution < -0.4 is 5.32 Å². The monoisotopic (exact) mass is 181 g/mol. The number of anilines is 1. The van der Waals surface area contributed by atoms with E-state index in [0.717, 1.165) is 5.95 Å². The number of rotatable bonds is 2. The Hall–Kier alpha value is -0.990. The van der Waals surface area contributed by atoms with Gasteiger partial charge in [-0.2, -0.15) is 0 Å². The first-order chi connectivity index (χ1) is 5.91. The topological polar surface area (TPSA) is 29.9 Å². The van der Waals surface area contributed by atoms with E-state index in [-0.39, 0.29) is 5.41 Å². The van der Waals surface area contributed by atoms with Gasteiger partial charge >= 0.3 is 0 Å². The molecule has 0 aliphatic heterocycles. The van der Waals surface area contributed by atoms with Crippen LogP contribution in [-0.2, 0) is 7.05 Å². The lowest BCUT2D eigenvalue weighted by atomic mass is 9.88. The van der Waals surface area contributed by atoms with Gasteiger partial charge in [0.25, 0.3) is 0 Å². The molecule has 0 spiro atoms. The Morgan fingerprint density at radius 1 is 1.46 bits per heavy atom. The predicted octanol–water partition coefficient (Wildman–Crippen LogP) is 2.27. The third-order valence-electron chi connectivity index (χ3n) is 2.47. The highest BCUT2D eigenvalue weighted by Crippen LogP contribution is 2.21. The summed E-state index contributed by atoms with van der Waals surface area (Å²) in [5.74, 6) is 0.933. The van der Waals surface area contributed by atoms with Crippen molar-refractivity contribution < 1.29 is 0 Å². The molecule has 74 valence electrons. The third-order valence-corrected chi connectivity index (χ3v) is 2.47. The van der Waals surface area contributed by atoms with Gasteiger partial charge in [0.15, 0.2) is 0 Å². The first-order valence-electron chi connectivity index (χ1n) is 4.65. The van der Waals surface area contributed by atoms with Gasteiger partial charge in [-0.1, -0.05) is 20.8 Å². The molecule has 0 saturated carbocycles. The van der Waals surface area contributed by atoms with Crippen LogP contribution in [-0.4, -0.2) is 15.6 Å². The summed E-state index contributed by atoms with van der Waals surface area (Å²) >= 11 is 0. The Kier molecular flexibility index (Phi) is 2.64. The van der Waals surface area contributed by atoms with Gasteiger partial charge in [-0.25, -0.2) is 4.98 Å². The Labute approximate surface area is 80.2 Å². The molecule has 1 rings (SSSR count). The lowest BCUT2D eigenvalue weighted by molar-refractivity contribution is 0.357. The Morgan fingerprint density at radius 2 is 2.08 bits per heavy atom. The van der Waals surface area contributed by atoms with Crippen LogP contribution in [0.1, 0.15) is 27.7 Å². The van der Waals surface area contributed by atoms with Crippen LogP contribution >= 0.6 is 0 Å². The Morgan fingerprint density at radius 3 is 2.46 bits per heavy atom. The van der Waals surface area contributed by atoms with Crippen LogP contribution in [0.2, 0.25) is 0 Å². The van der Waals surface area contributed by atoms with E-state index in [4.69, 9.17) is 0 Å². The number of nitrogens with zero attached hydrogens (tertiary/aromatic N) is 2. The maximum absolute atomic E-state index is 4.22. The van der Waals surface area contributed by atoms with Crippen LogP contribution in [0.25, 0.3) is 0 Å². The number of imidazole rings is 1. The zero-order valence-corrected chi connectivity index (χ0v) is 9.13. The summed E-state index contributed by atoms with van der Waals surface area (Å²) in [5.41, 5.74) is 0.256. The highest BCUT2D eigenvalue weighted by Gasteiger charge is 2.20. The van der Waals surface area contributed by atoms with Crippen molar-refractivity contribution in [2.75, 3.05) is 5.32 Å². The summed E-state index contributed by atoms with van der Waals surface area (Å²) in [7, 11) is 1.99. The molecule has 0 radical (unpaired) electrons. The van der Waals surface area contributed by atoms with Crippen LogP contribution in [0.4, 0.5) is 5.95 Å². The van der Waals surface area contributed by atoms with E-state index in [0.29, 0.717) is 6.04 Å². The van der Waals surface area contributed by atoms with E-state index in [9.17, 15) is 0 Å². The van der Waals surface area contributed by atoms with Gasteiger partial charge in [0.1, 0.15) is 0 Å². The van der Waals surface area contributed by atoms with E-state index in [2.05, 4.69) is 38.0 Å². The molecule has 1 heterocycles. The molecule has 0 aromatic carbocycles. The van der Waals surface area contributed by atoms with Gasteiger partial charge in [-0.05, 0) is 12.3 Å². The molecule has 0 aliphatic rings. The lowest BCUT2D eigenvalue weighted by Gasteiger charge is -2.28. The minimum absolute atomic E-state index is 0.256. The zero-order chi connectivity index (χ0) is 10.1. The van der Waals surface area contributed by atoms with Gasteiger partial charge in [-0.3, -0.25) is 0 Å². The van der Waals surface area contributed by atoms with Gasteiger partial charge in [0, 0.05) is 25.5 Å². The van der Waals surface area contributed by atoms with Crippen molar-refractivity contribution in [2.24, 2.45) is 12.5 Å². The fraction of sp³-hybridized carbons (Fsp3) is 0.700. The van der Waals surface area contributed by atoms with Gasteiger partial charge in [0.05, 0.1) is 0 Å². The smallest absolute Gasteiger partial charge is 0.202 e. The second kappa shape index (κ2) is 3.40. The van der Waals surface area contributed by atoms with E-state index in [1.807, 2.05) is 17.8 Å². The van der Waals surface area contributed by atoms with Crippen molar-refractivity contribution in [3.05, 3.63) is 12.4 Å². The average Bonchev–Trinajstić information content (AvgIpc) is 2.34. The molecular weight excluding hydrogens is 162 g/mol. The molecule has 1 aromatic rings. The van der Waals surface area contributed by atoms with Gasteiger partial charge in [0.2, 0.25) is 5.95 Å². The molecule has 1 atom stereocenters. The van der Waals surface area contributed by atoms with Crippen molar-refractivity contribution in [1.82, 2.24) is 9.55 Å². The number of hydrogen-bond donors (Lipinski definition) is 1. The summed E-state index contributed by atoms with van der Waals surface area (Å²) in [5, 5.41) is 3.38. The lowest BCUT2D eigenvalue weighted by Crippen LogP contribution is -2.31. The Bertz CT molecular complexity index is 270. The first kappa shape index (κ1) is 10.1. The number of aromatic nitrogens is 2. The summed E-state index contributed by atoms with van der Waals surface area (Å²) in [6.07, 6.45) is 3.75.